The maximum absolute atomic E-state index is 12.4. The monoisotopic (exact) mass is 497 g/mol. The topological polar surface area (TPSA) is 96.5 Å². The Morgan fingerprint density at radius 3 is 2.56 bits per heavy atom. The van der Waals surface area contributed by atoms with Gasteiger partial charge in [-0.25, -0.2) is 4.79 Å². The zero-order chi connectivity index (χ0) is 25.7. The molecule has 0 fully saturated rings. The van der Waals surface area contributed by atoms with Crippen molar-refractivity contribution in [3.8, 4) is 28.6 Å². The molecule has 0 atom stereocenters. The average Bonchev–Trinajstić information content (AvgIpc) is 3.34. The fraction of sp³-hybridized carbons (Fsp3) is 0.120. The number of esters is 1. The standard InChI is InChI=1S/C25H18F3N3O5/c1-34-22(33)12-5-16-3-2-4-17(13-16)14-31-15-19(8-11-21(31)32)24-29-23(30-36-24)18-6-9-20(10-7-18)35-25(26,27)28/h2-13,15H,14H2,1H3. The number of halogens is 3. The summed E-state index contributed by atoms with van der Waals surface area (Å²) in [7, 11) is 1.29. The highest BCUT2D eigenvalue weighted by atomic mass is 19.4. The Hall–Kier alpha value is -4.67. The highest BCUT2D eigenvalue weighted by Crippen LogP contribution is 2.26. The van der Waals surface area contributed by atoms with Crippen LogP contribution in [0.4, 0.5) is 13.2 Å². The molecule has 2 heterocycles. The fourth-order valence-electron chi connectivity index (χ4n) is 3.27. The summed E-state index contributed by atoms with van der Waals surface area (Å²) < 4.78 is 52.2. The molecule has 11 heteroatoms. The summed E-state index contributed by atoms with van der Waals surface area (Å²) in [5, 5.41) is 3.87. The van der Waals surface area contributed by atoms with Crippen LogP contribution in [-0.2, 0) is 16.1 Å². The van der Waals surface area contributed by atoms with Gasteiger partial charge >= 0.3 is 12.3 Å². The minimum absolute atomic E-state index is 0.129. The molecule has 184 valence electrons. The number of benzene rings is 2. The quantitative estimate of drug-likeness (QED) is 0.270. The first-order chi connectivity index (χ1) is 17.2. The number of carbonyl (C=O) groups is 1. The van der Waals surface area contributed by atoms with Crippen molar-refractivity contribution in [2.75, 3.05) is 7.11 Å². The largest absolute Gasteiger partial charge is 0.573 e. The van der Waals surface area contributed by atoms with Crippen LogP contribution in [0, 0.1) is 0 Å². The lowest BCUT2D eigenvalue weighted by atomic mass is 10.1. The number of rotatable bonds is 7. The highest BCUT2D eigenvalue weighted by Gasteiger charge is 2.31. The second-order valence-electron chi connectivity index (χ2n) is 7.48. The normalized spacial score (nSPS) is 11.6. The molecule has 0 saturated heterocycles. The van der Waals surface area contributed by atoms with Crippen LogP contribution in [0.1, 0.15) is 11.1 Å². The molecule has 0 bridgehead atoms. The van der Waals surface area contributed by atoms with E-state index < -0.39 is 12.3 Å². The second-order valence-corrected chi connectivity index (χ2v) is 7.48. The predicted octanol–water partition coefficient (Wildman–Crippen LogP) is 4.70. The van der Waals surface area contributed by atoms with Crippen molar-refractivity contribution < 1.29 is 32.0 Å². The van der Waals surface area contributed by atoms with Gasteiger partial charge in [0.2, 0.25) is 5.82 Å². The number of carbonyl (C=O) groups excluding carboxylic acids is 1. The van der Waals surface area contributed by atoms with Crippen LogP contribution in [0.2, 0.25) is 0 Å². The van der Waals surface area contributed by atoms with E-state index in [1.165, 1.54) is 42.0 Å². The van der Waals surface area contributed by atoms with E-state index >= 15 is 0 Å². The molecular formula is C25H18F3N3O5. The molecule has 2 aromatic heterocycles. The highest BCUT2D eigenvalue weighted by molar-refractivity contribution is 5.86. The zero-order valence-corrected chi connectivity index (χ0v) is 18.7. The Morgan fingerprint density at radius 2 is 1.83 bits per heavy atom. The summed E-state index contributed by atoms with van der Waals surface area (Å²) in [6.07, 6.45) is -0.311. The first-order valence-corrected chi connectivity index (χ1v) is 10.5. The van der Waals surface area contributed by atoms with Crippen LogP contribution >= 0.6 is 0 Å². The van der Waals surface area contributed by atoms with E-state index in [0.29, 0.717) is 11.1 Å². The maximum atomic E-state index is 12.4. The zero-order valence-electron chi connectivity index (χ0n) is 18.7. The third-order valence-electron chi connectivity index (χ3n) is 4.92. The van der Waals surface area contributed by atoms with Crippen molar-refractivity contribution in [3.63, 3.8) is 0 Å². The van der Waals surface area contributed by atoms with Crippen molar-refractivity contribution in [3.05, 3.63) is 94.4 Å². The summed E-state index contributed by atoms with van der Waals surface area (Å²) in [6.45, 7) is 0.244. The van der Waals surface area contributed by atoms with Gasteiger partial charge in [0, 0.05) is 23.9 Å². The fourth-order valence-corrected chi connectivity index (χ4v) is 3.27. The first kappa shape index (κ1) is 24.5. The Kier molecular flexibility index (Phi) is 7.00. The van der Waals surface area contributed by atoms with Gasteiger partial charge in [0.25, 0.3) is 11.4 Å². The van der Waals surface area contributed by atoms with Crippen molar-refractivity contribution in [1.82, 2.24) is 14.7 Å². The first-order valence-electron chi connectivity index (χ1n) is 10.5. The molecule has 4 rings (SSSR count). The van der Waals surface area contributed by atoms with E-state index in [1.54, 1.807) is 18.3 Å². The number of ether oxygens (including phenoxy) is 2. The smallest absolute Gasteiger partial charge is 0.466 e. The Balaban J connectivity index is 1.53. The lowest BCUT2D eigenvalue weighted by Gasteiger charge is -2.08. The summed E-state index contributed by atoms with van der Waals surface area (Å²) in [6, 6.07) is 15.2. The third kappa shape index (κ3) is 6.26. The lowest BCUT2D eigenvalue weighted by Crippen LogP contribution is -2.19. The van der Waals surface area contributed by atoms with E-state index in [-0.39, 0.29) is 29.6 Å². The Bertz CT molecular complexity index is 1460. The number of hydrogen-bond acceptors (Lipinski definition) is 7. The van der Waals surface area contributed by atoms with Crippen LogP contribution in [0.5, 0.6) is 5.75 Å². The van der Waals surface area contributed by atoms with Gasteiger partial charge in [0.1, 0.15) is 5.75 Å². The average molecular weight is 497 g/mol. The number of pyridine rings is 1. The number of aromatic nitrogens is 3. The molecule has 0 amide bonds. The van der Waals surface area contributed by atoms with Crippen molar-refractivity contribution in [2.45, 2.75) is 12.9 Å². The molecule has 0 spiro atoms. The van der Waals surface area contributed by atoms with Crippen LogP contribution in [0.3, 0.4) is 0 Å². The Morgan fingerprint density at radius 1 is 1.08 bits per heavy atom. The van der Waals surface area contributed by atoms with Crippen molar-refractivity contribution >= 4 is 12.0 Å². The van der Waals surface area contributed by atoms with Gasteiger partial charge in [-0.3, -0.25) is 4.79 Å². The van der Waals surface area contributed by atoms with Crippen molar-refractivity contribution in [1.29, 1.82) is 0 Å². The summed E-state index contributed by atoms with van der Waals surface area (Å²) in [5.74, 6) is -0.559. The molecule has 0 aliphatic rings. The van der Waals surface area contributed by atoms with Gasteiger partial charge < -0.3 is 18.6 Å². The molecule has 8 nitrogen and oxygen atoms in total. The molecule has 0 aliphatic heterocycles. The van der Waals surface area contributed by atoms with Crippen LogP contribution in [0.25, 0.3) is 28.9 Å². The molecule has 0 aliphatic carbocycles. The third-order valence-corrected chi connectivity index (χ3v) is 4.92. The van der Waals surface area contributed by atoms with E-state index in [9.17, 15) is 22.8 Å². The molecule has 4 aromatic rings. The molecule has 0 radical (unpaired) electrons. The van der Waals surface area contributed by atoms with Gasteiger partial charge in [0.05, 0.1) is 19.2 Å². The Labute approximate surface area is 202 Å². The summed E-state index contributed by atoms with van der Waals surface area (Å²) in [4.78, 5) is 28.0. The second kappa shape index (κ2) is 10.3. The van der Waals surface area contributed by atoms with E-state index in [0.717, 1.165) is 23.3 Å². The lowest BCUT2D eigenvalue weighted by molar-refractivity contribution is -0.274. The number of nitrogens with zero attached hydrogens (tertiary/aromatic N) is 3. The maximum Gasteiger partial charge on any atom is 0.573 e. The van der Waals surface area contributed by atoms with Gasteiger partial charge in [0.15, 0.2) is 0 Å². The van der Waals surface area contributed by atoms with Gasteiger partial charge in [-0.2, -0.15) is 4.98 Å². The minimum atomic E-state index is -4.79. The van der Waals surface area contributed by atoms with Crippen LogP contribution in [-0.4, -0.2) is 34.1 Å². The molecular weight excluding hydrogens is 479 g/mol. The molecule has 2 aromatic carbocycles. The molecule has 36 heavy (non-hydrogen) atoms. The van der Waals surface area contributed by atoms with Crippen molar-refractivity contribution in [2.24, 2.45) is 0 Å². The van der Waals surface area contributed by atoms with Gasteiger partial charge in [-0.15, -0.1) is 13.2 Å². The van der Waals surface area contributed by atoms with Crippen LogP contribution < -0.4 is 10.3 Å². The predicted molar refractivity (Wildman–Crippen MR) is 123 cm³/mol. The number of hydrogen-bond donors (Lipinski definition) is 0. The number of methoxy groups -OCH3 is 1. The van der Waals surface area contributed by atoms with E-state index in [1.807, 2.05) is 18.2 Å². The van der Waals surface area contributed by atoms with Gasteiger partial charge in [-0.05, 0) is 53.6 Å². The van der Waals surface area contributed by atoms with Gasteiger partial charge in [-0.1, -0.05) is 23.4 Å². The van der Waals surface area contributed by atoms with Crippen LogP contribution in [0.15, 0.2) is 82.3 Å². The molecule has 0 N–H and O–H groups in total. The minimum Gasteiger partial charge on any atom is -0.466 e. The number of alkyl halides is 3. The van der Waals surface area contributed by atoms with E-state index in [2.05, 4.69) is 19.6 Å². The summed E-state index contributed by atoms with van der Waals surface area (Å²) in [5.41, 5.74) is 2.22. The SMILES string of the molecule is COC(=O)C=Cc1cccc(Cn2cc(-c3nc(-c4ccc(OC(F)(F)F)cc4)no3)ccc2=O)c1. The molecule has 0 unspecified atom stereocenters. The summed E-state index contributed by atoms with van der Waals surface area (Å²) >= 11 is 0. The molecule has 0 saturated carbocycles. The van der Waals surface area contributed by atoms with E-state index in [4.69, 9.17) is 4.52 Å².